The van der Waals surface area contributed by atoms with Crippen LogP contribution in [-0.2, 0) is 25.7 Å². The standard InChI is InChI=1S/C53H77N3O9/c1-4-6-7-8-9-10-11-12-16-27-48(59)56(3)47-37-45(55-65-49-28-19-22-34-61-49)43-35-40(25-17-20-31-57)42(26-18-21-32-58)50-44-36-41(63-52(60)54-38-39-23-14-13-15-24-39)29-30-46(44)64-53(47,51(43)50)62-33-5-2/h5,13-15,23-24,29-30,35-36,40,42,47,49-51,57-58H,2,4,6-12,16-22,25-28,31-34,37-38H2,1,3H3,(H,54,60)/t40-,42+,47-,49?,50+,51+,53+/m0/s1. The van der Waals surface area contributed by atoms with Crippen LogP contribution in [0.25, 0.3) is 0 Å². The van der Waals surface area contributed by atoms with Crippen LogP contribution in [0.15, 0.2) is 78.0 Å². The average molecular weight is 900 g/mol. The van der Waals surface area contributed by atoms with E-state index >= 15 is 0 Å². The van der Waals surface area contributed by atoms with E-state index in [-0.39, 0.29) is 43.5 Å². The first kappa shape index (κ1) is 50.2. The number of nitrogens with one attached hydrogen (secondary N) is 1. The van der Waals surface area contributed by atoms with Crippen molar-refractivity contribution in [1.29, 1.82) is 0 Å². The third-order valence-corrected chi connectivity index (χ3v) is 13.9. The Labute approximate surface area is 388 Å². The number of amides is 2. The second kappa shape index (κ2) is 26.2. The van der Waals surface area contributed by atoms with Crippen LogP contribution in [0.1, 0.15) is 152 Å². The molecule has 12 heteroatoms. The molecule has 1 unspecified atom stereocenters. The van der Waals surface area contributed by atoms with Gasteiger partial charge in [-0.2, -0.15) is 0 Å². The lowest BCUT2D eigenvalue weighted by molar-refractivity contribution is -0.256. The van der Waals surface area contributed by atoms with E-state index in [0.29, 0.717) is 50.3 Å². The summed E-state index contributed by atoms with van der Waals surface area (Å²) in [5, 5.41) is 27.7. The maximum absolute atomic E-state index is 14.5. The topological polar surface area (TPSA) is 148 Å². The molecule has 3 N–H and O–H groups in total. The Morgan fingerprint density at radius 2 is 1.68 bits per heavy atom. The molecule has 1 saturated carbocycles. The van der Waals surface area contributed by atoms with Crippen LogP contribution in [-0.4, -0.2) is 84.4 Å². The van der Waals surface area contributed by atoms with Gasteiger partial charge in [0.1, 0.15) is 17.5 Å². The first-order chi connectivity index (χ1) is 31.8. The number of hydrogen-bond acceptors (Lipinski definition) is 10. The number of unbranched alkanes of at least 4 members (excludes halogenated alkanes) is 10. The number of nitrogens with zero attached hydrogens (tertiary/aromatic N) is 2. The third-order valence-electron chi connectivity index (χ3n) is 13.9. The summed E-state index contributed by atoms with van der Waals surface area (Å²) < 4.78 is 26.3. The first-order valence-electron chi connectivity index (χ1n) is 24.9. The number of carbonyl (C=O) groups excluding carboxylic acids is 2. The molecule has 0 radical (unpaired) electrons. The van der Waals surface area contributed by atoms with Crippen LogP contribution in [0.5, 0.6) is 11.5 Å². The van der Waals surface area contributed by atoms with Crippen LogP contribution in [0.4, 0.5) is 4.79 Å². The van der Waals surface area contributed by atoms with Gasteiger partial charge in [0.25, 0.3) is 0 Å². The highest BCUT2D eigenvalue weighted by molar-refractivity contribution is 6.03. The molecule has 7 atom stereocenters. The van der Waals surface area contributed by atoms with Crippen molar-refractivity contribution in [3.8, 4) is 11.5 Å². The number of benzene rings is 2. The van der Waals surface area contributed by atoms with Gasteiger partial charge in [0.15, 0.2) is 0 Å². The minimum atomic E-state index is -1.35. The average Bonchev–Trinajstić information content (AvgIpc) is 3.33. The molecular weight excluding hydrogens is 823 g/mol. The van der Waals surface area contributed by atoms with Gasteiger partial charge in [0.2, 0.25) is 18.0 Å². The van der Waals surface area contributed by atoms with Crippen LogP contribution < -0.4 is 14.8 Å². The molecule has 2 amide bonds. The summed E-state index contributed by atoms with van der Waals surface area (Å²) in [5.41, 5.74) is 3.53. The van der Waals surface area contributed by atoms with Crippen molar-refractivity contribution in [2.75, 3.05) is 33.5 Å². The van der Waals surface area contributed by atoms with Crippen LogP contribution in [0, 0.1) is 17.8 Å². The predicted molar refractivity (Wildman–Crippen MR) is 254 cm³/mol. The van der Waals surface area contributed by atoms with E-state index in [2.05, 4.69) is 24.9 Å². The van der Waals surface area contributed by atoms with Gasteiger partial charge in [0.05, 0.1) is 24.8 Å². The van der Waals surface area contributed by atoms with Gasteiger partial charge in [-0.15, -0.1) is 6.58 Å². The maximum atomic E-state index is 14.5. The van der Waals surface area contributed by atoms with E-state index in [0.717, 1.165) is 86.6 Å². The van der Waals surface area contributed by atoms with Gasteiger partial charge in [-0.1, -0.05) is 119 Å². The summed E-state index contributed by atoms with van der Waals surface area (Å²) in [4.78, 5) is 35.8. The summed E-state index contributed by atoms with van der Waals surface area (Å²) >= 11 is 0. The Hall–Kier alpha value is -4.23. The molecule has 0 aromatic heterocycles. The molecule has 65 heavy (non-hydrogen) atoms. The molecule has 1 saturated heterocycles. The fourth-order valence-electron chi connectivity index (χ4n) is 10.6. The van der Waals surface area contributed by atoms with E-state index < -0.39 is 30.1 Å². The lowest BCUT2D eigenvalue weighted by Crippen LogP contribution is -2.69. The molecule has 6 rings (SSSR count). The van der Waals surface area contributed by atoms with E-state index in [1.807, 2.05) is 54.4 Å². The Bertz CT molecular complexity index is 1850. The highest BCUT2D eigenvalue weighted by atomic mass is 16.8. The Morgan fingerprint density at radius 3 is 2.38 bits per heavy atom. The lowest BCUT2D eigenvalue weighted by Gasteiger charge is -2.59. The lowest BCUT2D eigenvalue weighted by atomic mass is 9.55. The quantitative estimate of drug-likeness (QED) is 0.0453. The summed E-state index contributed by atoms with van der Waals surface area (Å²) in [5.74, 6) is -0.927. The van der Waals surface area contributed by atoms with Crippen LogP contribution in [0.2, 0.25) is 0 Å². The summed E-state index contributed by atoms with van der Waals surface area (Å²) in [6.45, 7) is 7.59. The van der Waals surface area contributed by atoms with Gasteiger partial charge in [0, 0.05) is 57.6 Å². The number of aliphatic hydroxyl groups is 2. The van der Waals surface area contributed by atoms with Crippen molar-refractivity contribution in [3.05, 3.63) is 84.0 Å². The van der Waals surface area contributed by atoms with Gasteiger partial charge < -0.3 is 44.2 Å². The highest BCUT2D eigenvalue weighted by Gasteiger charge is 2.65. The zero-order valence-electron chi connectivity index (χ0n) is 39.3. The first-order valence-corrected chi connectivity index (χ1v) is 24.9. The van der Waals surface area contributed by atoms with Gasteiger partial charge in [-0.05, 0) is 86.1 Å². The second-order valence-electron chi connectivity index (χ2n) is 18.5. The smallest absolute Gasteiger partial charge is 0.412 e. The molecule has 358 valence electrons. The number of rotatable bonds is 27. The normalized spacial score (nSPS) is 25.1. The number of hydrogen-bond donors (Lipinski definition) is 3. The number of allylic oxidation sites excluding steroid dienone is 1. The number of carbonyl (C=O) groups is 2. The van der Waals surface area contributed by atoms with E-state index in [1.54, 1.807) is 12.1 Å². The second-order valence-corrected chi connectivity index (χ2v) is 18.5. The maximum Gasteiger partial charge on any atom is 0.412 e. The number of oxime groups is 1. The Morgan fingerprint density at radius 1 is 0.938 bits per heavy atom. The van der Waals surface area contributed by atoms with Crippen molar-refractivity contribution in [3.63, 3.8) is 0 Å². The molecular formula is C53H77N3O9. The fraction of sp³-hybridized carbons (Fsp3) is 0.642. The fourth-order valence-corrected chi connectivity index (χ4v) is 10.6. The molecule has 2 aliphatic heterocycles. The monoisotopic (exact) mass is 900 g/mol. The Kier molecular flexibility index (Phi) is 20.2. The van der Waals surface area contributed by atoms with Crippen LogP contribution in [0.3, 0.4) is 0 Å². The van der Waals surface area contributed by atoms with Gasteiger partial charge in [-0.25, -0.2) is 4.79 Å². The molecule has 4 aliphatic rings. The molecule has 2 aliphatic carbocycles. The molecule has 2 aromatic rings. The van der Waals surface area contributed by atoms with Crippen molar-refractivity contribution in [1.82, 2.24) is 10.2 Å². The number of fused-ring (bicyclic) bond motifs is 2. The highest BCUT2D eigenvalue weighted by Crippen LogP contribution is 2.62. The molecule has 2 heterocycles. The summed E-state index contributed by atoms with van der Waals surface area (Å²) in [6, 6.07) is 14.6. The minimum absolute atomic E-state index is 0.0243. The zero-order chi connectivity index (χ0) is 45.9. The molecule has 0 spiro atoms. The van der Waals surface area contributed by atoms with Crippen molar-refractivity contribution >= 4 is 17.7 Å². The molecule has 2 aromatic carbocycles. The molecule has 12 nitrogen and oxygen atoms in total. The van der Waals surface area contributed by atoms with E-state index in [9.17, 15) is 19.8 Å². The van der Waals surface area contributed by atoms with Crippen molar-refractivity contribution in [2.24, 2.45) is 22.9 Å². The Balaban J connectivity index is 1.40. The van der Waals surface area contributed by atoms with Crippen LogP contribution >= 0.6 is 0 Å². The molecule has 2 fully saturated rings. The van der Waals surface area contributed by atoms with Gasteiger partial charge in [-0.3, -0.25) is 4.79 Å². The minimum Gasteiger partial charge on any atom is -0.459 e. The predicted octanol–water partition coefficient (Wildman–Crippen LogP) is 10.5. The van der Waals surface area contributed by atoms with Crippen molar-refractivity contribution < 1.29 is 43.6 Å². The SMILES string of the molecule is C=CCO[C@@]12Oc3ccc(OC(=O)NCc4ccccc4)cc3[C@H]3[C@H](CCCCO)[C@@H](CCCCO)C=C(C(=NOC4CCCCO4)C[C@@H]1N(C)C(=O)CCCCCCCCCCC)[C@H]32. The number of aliphatic hydroxyl groups excluding tert-OH is 2. The van der Waals surface area contributed by atoms with Crippen molar-refractivity contribution in [2.45, 2.75) is 166 Å². The molecule has 0 bridgehead atoms. The summed E-state index contributed by atoms with van der Waals surface area (Å²) in [7, 11) is 1.87. The number of likely N-dealkylation sites (N-methyl/N-ethyl adjacent to an activating group) is 1. The largest absolute Gasteiger partial charge is 0.459 e. The van der Waals surface area contributed by atoms with E-state index in [1.165, 1.54) is 38.5 Å². The van der Waals surface area contributed by atoms with Gasteiger partial charge >= 0.3 is 6.09 Å². The third kappa shape index (κ3) is 13.5. The zero-order valence-corrected chi connectivity index (χ0v) is 39.3. The summed E-state index contributed by atoms with van der Waals surface area (Å²) in [6.07, 6.45) is 21.5. The van der Waals surface area contributed by atoms with E-state index in [4.69, 9.17) is 28.9 Å². The number of ether oxygens (including phenoxy) is 4.